The Kier molecular flexibility index (Phi) is 8.34. The maximum absolute atomic E-state index is 14.6. The number of amides is 2. The van der Waals surface area contributed by atoms with Gasteiger partial charge in [-0.3, -0.25) is 9.59 Å². The van der Waals surface area contributed by atoms with Crippen molar-refractivity contribution in [2.45, 2.75) is 70.4 Å². The van der Waals surface area contributed by atoms with Crippen LogP contribution in [0.3, 0.4) is 0 Å². The molecule has 3 N–H and O–H groups in total. The molecule has 7 nitrogen and oxygen atoms in total. The van der Waals surface area contributed by atoms with E-state index in [1.54, 1.807) is 30.4 Å². The van der Waals surface area contributed by atoms with Gasteiger partial charge in [0.15, 0.2) is 5.82 Å². The van der Waals surface area contributed by atoms with Gasteiger partial charge in [0, 0.05) is 49.2 Å². The minimum atomic E-state index is -0.528. The number of carbonyl (C=O) groups is 2. The predicted octanol–water partition coefficient (Wildman–Crippen LogP) is 5.71. The van der Waals surface area contributed by atoms with E-state index in [-0.39, 0.29) is 17.6 Å². The number of nitrogens with zero attached hydrogens (tertiary/aromatic N) is 3. The number of nitrogens with two attached hydrogens (primary N) is 1. The number of halogens is 1. The number of rotatable bonds is 5. The molecule has 0 atom stereocenters. The first kappa shape index (κ1) is 26.9. The van der Waals surface area contributed by atoms with E-state index < -0.39 is 5.54 Å². The smallest absolute Gasteiger partial charge is 0.222 e. The average Bonchev–Trinajstić information content (AvgIpc) is 3.38. The Balaban J connectivity index is 0.000000245. The molecule has 0 saturated heterocycles. The Morgan fingerprint density at radius 2 is 1.81 bits per heavy atom. The fraction of sp³-hybridized carbons (Fsp3) is 0.429. The van der Waals surface area contributed by atoms with Crippen LogP contribution in [0.25, 0.3) is 22.4 Å². The molecule has 2 fully saturated rings. The number of hydrogen-bond acceptors (Lipinski definition) is 6. The summed E-state index contributed by atoms with van der Waals surface area (Å²) >= 11 is 1.55. The van der Waals surface area contributed by atoms with Crippen molar-refractivity contribution in [1.29, 1.82) is 0 Å². The lowest BCUT2D eigenvalue weighted by molar-refractivity contribution is -0.130. The second-order valence-corrected chi connectivity index (χ2v) is 10.7. The van der Waals surface area contributed by atoms with Crippen molar-refractivity contribution in [3.63, 3.8) is 0 Å². The zero-order valence-corrected chi connectivity index (χ0v) is 22.4. The van der Waals surface area contributed by atoms with Gasteiger partial charge < -0.3 is 16.0 Å². The highest BCUT2D eigenvalue weighted by Gasteiger charge is 2.42. The van der Waals surface area contributed by atoms with Gasteiger partial charge in [-0.25, -0.2) is 4.39 Å². The highest BCUT2D eigenvalue weighted by Crippen LogP contribution is 2.44. The Bertz CT molecular complexity index is 1250. The summed E-state index contributed by atoms with van der Waals surface area (Å²) in [6.45, 7) is 3.06. The quantitative estimate of drug-likeness (QED) is 0.446. The lowest BCUT2D eigenvalue weighted by Crippen LogP contribution is -2.36. The molecule has 2 heterocycles. The number of hydrogen-bond donors (Lipinski definition) is 2. The van der Waals surface area contributed by atoms with Gasteiger partial charge in [0.25, 0.3) is 0 Å². The van der Waals surface area contributed by atoms with E-state index in [1.165, 1.54) is 45.1 Å². The van der Waals surface area contributed by atoms with E-state index in [0.29, 0.717) is 28.7 Å². The summed E-state index contributed by atoms with van der Waals surface area (Å²) in [5, 5.41) is 14.9. The minimum absolute atomic E-state index is 0.205. The van der Waals surface area contributed by atoms with Crippen molar-refractivity contribution in [3.8, 4) is 22.4 Å². The maximum Gasteiger partial charge on any atom is 0.222 e. The second-order valence-electron chi connectivity index (χ2n) is 9.96. The molecule has 0 unspecified atom stereocenters. The number of carbonyl (C=O) groups excluding carboxylic acids is 2. The summed E-state index contributed by atoms with van der Waals surface area (Å²) < 4.78 is 14.6. The maximum atomic E-state index is 14.6. The molecule has 0 bridgehead atoms. The normalized spacial score (nSPS) is 16.4. The van der Waals surface area contributed by atoms with Crippen LogP contribution in [0.1, 0.15) is 64.4 Å². The fourth-order valence-electron chi connectivity index (χ4n) is 4.68. The largest absolute Gasteiger partial charge is 0.343 e. The van der Waals surface area contributed by atoms with Crippen LogP contribution in [0.5, 0.6) is 0 Å². The third kappa shape index (κ3) is 6.59. The van der Waals surface area contributed by atoms with Gasteiger partial charge in [-0.05, 0) is 60.2 Å². The molecule has 9 heteroatoms. The van der Waals surface area contributed by atoms with Crippen LogP contribution in [0.15, 0.2) is 41.1 Å². The molecular formula is C28H34FN5O2S. The van der Waals surface area contributed by atoms with Crippen molar-refractivity contribution in [3.05, 3.63) is 52.5 Å². The highest BCUT2D eigenvalue weighted by atomic mass is 32.1. The molecule has 2 aromatic heterocycles. The minimum Gasteiger partial charge on any atom is -0.343 e. The molecule has 0 spiro atoms. The first-order valence-corrected chi connectivity index (χ1v) is 13.6. The van der Waals surface area contributed by atoms with E-state index in [0.717, 1.165) is 24.0 Å². The topological polar surface area (TPSA) is 101 Å². The Morgan fingerprint density at radius 3 is 2.38 bits per heavy atom. The number of anilines is 1. The molecule has 1 aromatic carbocycles. The van der Waals surface area contributed by atoms with Crippen LogP contribution in [0, 0.1) is 5.82 Å². The van der Waals surface area contributed by atoms with Crippen LogP contribution in [0.4, 0.5) is 10.2 Å². The molecular weight excluding hydrogens is 489 g/mol. The van der Waals surface area contributed by atoms with Gasteiger partial charge in [0.1, 0.15) is 11.5 Å². The van der Waals surface area contributed by atoms with Gasteiger partial charge in [0.2, 0.25) is 11.8 Å². The molecule has 37 heavy (non-hydrogen) atoms. The second kappa shape index (κ2) is 11.5. The van der Waals surface area contributed by atoms with Crippen LogP contribution in [0.2, 0.25) is 0 Å². The third-order valence-corrected chi connectivity index (χ3v) is 7.80. The van der Waals surface area contributed by atoms with Gasteiger partial charge in [-0.2, -0.15) is 11.3 Å². The lowest BCUT2D eigenvalue weighted by Gasteiger charge is -2.30. The van der Waals surface area contributed by atoms with Crippen molar-refractivity contribution in [1.82, 2.24) is 15.1 Å². The van der Waals surface area contributed by atoms with Crippen molar-refractivity contribution < 1.29 is 14.0 Å². The van der Waals surface area contributed by atoms with Crippen LogP contribution < -0.4 is 11.1 Å². The average molecular weight is 524 g/mol. The van der Waals surface area contributed by atoms with Gasteiger partial charge in [-0.1, -0.05) is 31.4 Å². The van der Waals surface area contributed by atoms with E-state index in [4.69, 9.17) is 5.73 Å². The van der Waals surface area contributed by atoms with E-state index in [9.17, 15) is 14.0 Å². The first-order valence-electron chi connectivity index (χ1n) is 12.7. The zero-order chi connectivity index (χ0) is 26.6. The number of nitrogens with one attached hydrogen (secondary N) is 1. The fourth-order valence-corrected chi connectivity index (χ4v) is 5.34. The molecule has 2 aliphatic rings. The number of thiophene rings is 1. The van der Waals surface area contributed by atoms with Crippen LogP contribution in [-0.2, 0) is 15.1 Å². The monoisotopic (exact) mass is 523 g/mol. The SMILES string of the molecule is CC(=O)N(C)C1CCCCC1.CC(=O)Nc1cc(-c2ccsc2)c(-c2ccc(C3(N)CC3)c(F)c2)nn1. The van der Waals surface area contributed by atoms with Gasteiger partial charge in [-0.15, -0.1) is 10.2 Å². The predicted molar refractivity (Wildman–Crippen MR) is 145 cm³/mol. The molecule has 196 valence electrons. The van der Waals surface area contributed by atoms with E-state index >= 15 is 0 Å². The standard InChI is InChI=1S/C19H17FN4OS.C9H17NO/c1-11(25)22-17-9-14(13-4-7-26-10-13)18(24-23-17)12-2-3-15(16(20)8-12)19(21)5-6-19;1-8(11)10(2)9-6-4-3-5-7-9/h2-4,7-10H,5-6,21H2,1H3,(H,22,23,25);9H,3-7H2,1-2H3. The van der Waals surface area contributed by atoms with Crippen molar-refractivity contribution in [2.24, 2.45) is 5.73 Å². The Morgan fingerprint density at radius 1 is 1.08 bits per heavy atom. The summed E-state index contributed by atoms with van der Waals surface area (Å²) in [5.74, 6) is 0.0123. The molecule has 2 amide bonds. The summed E-state index contributed by atoms with van der Waals surface area (Å²) in [7, 11) is 1.92. The van der Waals surface area contributed by atoms with Crippen LogP contribution in [-0.4, -0.2) is 40.0 Å². The first-order chi connectivity index (χ1) is 17.7. The van der Waals surface area contributed by atoms with Crippen molar-refractivity contribution >= 4 is 29.0 Å². The summed E-state index contributed by atoms with van der Waals surface area (Å²) in [4.78, 5) is 24.2. The summed E-state index contributed by atoms with van der Waals surface area (Å²) in [6, 6.07) is 9.25. The van der Waals surface area contributed by atoms with Crippen molar-refractivity contribution in [2.75, 3.05) is 12.4 Å². The Hall–Kier alpha value is -3.17. The highest BCUT2D eigenvalue weighted by molar-refractivity contribution is 7.08. The number of aromatic nitrogens is 2. The molecule has 2 saturated carbocycles. The molecule has 5 rings (SSSR count). The number of benzene rings is 1. The third-order valence-electron chi connectivity index (χ3n) is 7.12. The molecule has 2 aliphatic carbocycles. The van der Waals surface area contributed by atoms with Gasteiger partial charge >= 0.3 is 0 Å². The Labute approximate surface area is 221 Å². The molecule has 0 radical (unpaired) electrons. The lowest BCUT2D eigenvalue weighted by atomic mass is 9.94. The summed E-state index contributed by atoms with van der Waals surface area (Å²) in [5.41, 5.74) is 9.04. The summed E-state index contributed by atoms with van der Waals surface area (Å²) in [6.07, 6.45) is 7.95. The zero-order valence-electron chi connectivity index (χ0n) is 21.6. The molecule has 0 aliphatic heterocycles. The van der Waals surface area contributed by atoms with E-state index in [2.05, 4.69) is 15.5 Å². The van der Waals surface area contributed by atoms with Gasteiger partial charge in [0.05, 0.1) is 0 Å². The van der Waals surface area contributed by atoms with Crippen LogP contribution >= 0.6 is 11.3 Å². The van der Waals surface area contributed by atoms with E-state index in [1.807, 2.05) is 34.8 Å². The molecule has 3 aromatic rings.